The first-order chi connectivity index (χ1) is 5.79. The Morgan fingerprint density at radius 1 is 1.58 bits per heavy atom. The van der Waals surface area contributed by atoms with Crippen molar-refractivity contribution in [1.29, 1.82) is 0 Å². The number of hydrogen-bond donors (Lipinski definition) is 0. The number of hydrogen-bond acceptors (Lipinski definition) is 4. The molecule has 0 aliphatic heterocycles. The predicted octanol–water partition coefficient (Wildman–Crippen LogP) is 2.71. The molecule has 0 aliphatic carbocycles. The van der Waals surface area contributed by atoms with Gasteiger partial charge in [0.2, 0.25) is 0 Å². The largest absolute Gasteiger partial charge is 0.430 e. The summed E-state index contributed by atoms with van der Waals surface area (Å²) in [6.45, 7) is 0. The van der Waals surface area contributed by atoms with Gasteiger partial charge in [-0.15, -0.1) is 0 Å². The third kappa shape index (κ3) is 1.34. The number of thioether (sulfide) groups is 1. The van der Waals surface area contributed by atoms with Gasteiger partial charge in [0.15, 0.2) is 11.2 Å². The molecule has 0 unspecified atom stereocenters. The summed E-state index contributed by atoms with van der Waals surface area (Å²) in [6, 6.07) is 1.86. The maximum Gasteiger partial charge on any atom is 0.258 e. The maximum absolute atomic E-state index is 5.36. The van der Waals surface area contributed by atoms with Crippen molar-refractivity contribution < 1.29 is 4.42 Å². The molecule has 0 atom stereocenters. The zero-order chi connectivity index (χ0) is 8.55. The molecule has 5 heteroatoms. The molecule has 62 valence electrons. The molecule has 2 aromatic heterocycles. The van der Waals surface area contributed by atoms with E-state index in [4.69, 9.17) is 4.42 Å². The number of nitrogens with zero attached hydrogens (tertiary/aromatic N) is 2. The highest BCUT2D eigenvalue weighted by Crippen LogP contribution is 2.22. The topological polar surface area (TPSA) is 38.9 Å². The van der Waals surface area contributed by atoms with E-state index >= 15 is 0 Å². The number of fused-ring (bicyclic) bond motifs is 1. The summed E-state index contributed by atoms with van der Waals surface area (Å²) in [5.41, 5.74) is 1.37. The second-order valence-electron chi connectivity index (χ2n) is 2.16. The Bertz CT molecular complexity index is 415. The second kappa shape index (κ2) is 3.06. The van der Waals surface area contributed by atoms with Crippen molar-refractivity contribution in [1.82, 2.24) is 9.97 Å². The molecule has 0 saturated carbocycles. The number of pyridine rings is 1. The molecule has 0 saturated heterocycles. The molecule has 0 N–H and O–H groups in total. The van der Waals surface area contributed by atoms with Gasteiger partial charge in [-0.05, 0) is 22.2 Å². The van der Waals surface area contributed by atoms with Crippen LogP contribution in [0.25, 0.3) is 11.2 Å². The van der Waals surface area contributed by atoms with Crippen LogP contribution in [0.5, 0.6) is 0 Å². The van der Waals surface area contributed by atoms with Gasteiger partial charge in [0.05, 0.1) is 0 Å². The summed E-state index contributed by atoms with van der Waals surface area (Å²) in [7, 11) is 0. The van der Waals surface area contributed by atoms with E-state index in [2.05, 4.69) is 25.9 Å². The quantitative estimate of drug-likeness (QED) is 0.724. The van der Waals surface area contributed by atoms with E-state index < -0.39 is 0 Å². The summed E-state index contributed by atoms with van der Waals surface area (Å²) in [5.74, 6) is 0. The van der Waals surface area contributed by atoms with Gasteiger partial charge in [-0.3, -0.25) is 0 Å². The van der Waals surface area contributed by atoms with E-state index in [-0.39, 0.29) is 0 Å². The number of rotatable bonds is 1. The van der Waals surface area contributed by atoms with Crippen molar-refractivity contribution in [3.63, 3.8) is 0 Å². The van der Waals surface area contributed by atoms with Crippen LogP contribution < -0.4 is 0 Å². The first-order valence-corrected chi connectivity index (χ1v) is 5.27. The second-order valence-corrected chi connectivity index (χ2v) is 3.83. The van der Waals surface area contributed by atoms with Gasteiger partial charge in [0.25, 0.3) is 5.22 Å². The molecule has 0 aromatic carbocycles. The Labute approximate surface area is 81.7 Å². The van der Waals surface area contributed by atoms with Crippen LogP contribution in [0.2, 0.25) is 0 Å². The Morgan fingerprint density at radius 2 is 2.42 bits per heavy atom. The van der Waals surface area contributed by atoms with Crippen LogP contribution in [0.4, 0.5) is 0 Å². The number of aromatic nitrogens is 2. The molecule has 3 nitrogen and oxygen atoms in total. The van der Waals surface area contributed by atoms with E-state index in [1.165, 1.54) is 11.8 Å². The minimum absolute atomic E-state index is 0.649. The lowest BCUT2D eigenvalue weighted by Crippen LogP contribution is -1.74. The van der Waals surface area contributed by atoms with E-state index in [1.54, 1.807) is 6.20 Å². The molecule has 2 rings (SSSR count). The van der Waals surface area contributed by atoms with Crippen LogP contribution in [0, 0.1) is 0 Å². The lowest BCUT2D eigenvalue weighted by atomic mass is 10.5. The predicted molar refractivity (Wildman–Crippen MR) is 51.3 cm³/mol. The van der Waals surface area contributed by atoms with Crippen LogP contribution in [-0.4, -0.2) is 16.2 Å². The highest BCUT2D eigenvalue weighted by molar-refractivity contribution is 9.10. The van der Waals surface area contributed by atoms with Gasteiger partial charge in [-0.25, -0.2) is 4.98 Å². The average molecular weight is 245 g/mol. The Morgan fingerprint density at radius 3 is 3.17 bits per heavy atom. The fourth-order valence-electron chi connectivity index (χ4n) is 0.863. The van der Waals surface area contributed by atoms with Gasteiger partial charge in [-0.1, -0.05) is 11.8 Å². The SMILES string of the molecule is CSc1nc2ncc(Br)cc2o1. The van der Waals surface area contributed by atoms with E-state index in [0.29, 0.717) is 16.5 Å². The molecular weight excluding hydrogens is 240 g/mol. The molecular formula is C7H5BrN2OS. The minimum atomic E-state index is 0.649. The van der Waals surface area contributed by atoms with Gasteiger partial charge in [0.1, 0.15) is 0 Å². The molecule has 0 fully saturated rings. The number of oxazole rings is 1. The Kier molecular flexibility index (Phi) is 2.06. The summed E-state index contributed by atoms with van der Waals surface area (Å²) >= 11 is 4.77. The molecule has 0 aliphatic rings. The number of halogens is 1. The van der Waals surface area contributed by atoms with Gasteiger partial charge < -0.3 is 4.42 Å². The smallest absolute Gasteiger partial charge is 0.258 e. The van der Waals surface area contributed by atoms with Gasteiger partial charge in [0, 0.05) is 16.7 Å². The fraction of sp³-hybridized carbons (Fsp3) is 0.143. The molecule has 12 heavy (non-hydrogen) atoms. The molecule has 0 spiro atoms. The zero-order valence-electron chi connectivity index (χ0n) is 6.24. The highest BCUT2D eigenvalue weighted by Gasteiger charge is 2.04. The fourth-order valence-corrected chi connectivity index (χ4v) is 1.52. The van der Waals surface area contributed by atoms with Crippen molar-refractivity contribution in [2.45, 2.75) is 5.22 Å². The maximum atomic E-state index is 5.36. The van der Waals surface area contributed by atoms with Crippen molar-refractivity contribution in [3.8, 4) is 0 Å². The van der Waals surface area contributed by atoms with Crippen molar-refractivity contribution in [2.75, 3.05) is 6.26 Å². The molecule has 2 aromatic rings. The lowest BCUT2D eigenvalue weighted by Gasteiger charge is -1.85. The summed E-state index contributed by atoms with van der Waals surface area (Å²) in [5, 5.41) is 0.649. The van der Waals surface area contributed by atoms with Crippen LogP contribution in [0.15, 0.2) is 26.4 Å². The van der Waals surface area contributed by atoms with Crippen LogP contribution >= 0.6 is 27.7 Å². The van der Waals surface area contributed by atoms with E-state index in [0.717, 1.165) is 4.47 Å². The first-order valence-electron chi connectivity index (χ1n) is 3.25. The molecule has 0 radical (unpaired) electrons. The van der Waals surface area contributed by atoms with E-state index in [9.17, 15) is 0 Å². The third-order valence-electron chi connectivity index (χ3n) is 1.37. The third-order valence-corrected chi connectivity index (χ3v) is 2.33. The monoisotopic (exact) mass is 244 g/mol. The zero-order valence-corrected chi connectivity index (χ0v) is 8.65. The van der Waals surface area contributed by atoms with Gasteiger partial charge >= 0.3 is 0 Å². The Hall–Kier alpha value is -0.550. The van der Waals surface area contributed by atoms with Crippen LogP contribution in [-0.2, 0) is 0 Å². The first kappa shape index (κ1) is 8.07. The summed E-state index contributed by atoms with van der Waals surface area (Å²) in [4.78, 5) is 8.22. The van der Waals surface area contributed by atoms with Crippen molar-refractivity contribution >= 4 is 38.9 Å². The van der Waals surface area contributed by atoms with E-state index in [1.807, 2.05) is 12.3 Å². The Balaban J connectivity index is 2.67. The highest BCUT2D eigenvalue weighted by atomic mass is 79.9. The standard InChI is InChI=1S/C7H5BrN2OS/c1-12-7-10-6-5(11-7)2-4(8)3-9-6/h2-3H,1H3. The average Bonchev–Trinajstić information content (AvgIpc) is 2.46. The van der Waals surface area contributed by atoms with Crippen LogP contribution in [0.3, 0.4) is 0 Å². The molecule has 0 amide bonds. The normalized spacial score (nSPS) is 10.8. The molecule has 2 heterocycles. The minimum Gasteiger partial charge on any atom is -0.430 e. The van der Waals surface area contributed by atoms with Crippen molar-refractivity contribution in [2.24, 2.45) is 0 Å². The summed E-state index contributed by atoms with van der Waals surface area (Å²) in [6.07, 6.45) is 3.62. The lowest BCUT2D eigenvalue weighted by molar-refractivity contribution is 0.490. The summed E-state index contributed by atoms with van der Waals surface area (Å²) < 4.78 is 6.26. The van der Waals surface area contributed by atoms with Crippen LogP contribution in [0.1, 0.15) is 0 Å². The van der Waals surface area contributed by atoms with Gasteiger partial charge in [-0.2, -0.15) is 4.98 Å². The van der Waals surface area contributed by atoms with Crippen molar-refractivity contribution in [3.05, 3.63) is 16.7 Å². The molecule has 0 bridgehead atoms.